The van der Waals surface area contributed by atoms with Crippen molar-refractivity contribution in [3.63, 3.8) is 0 Å². The third kappa shape index (κ3) is 2.74. The maximum Gasteiger partial charge on any atom is 0.179 e. The Hall–Kier alpha value is -2.00. The van der Waals surface area contributed by atoms with E-state index in [9.17, 15) is 0 Å². The third-order valence-corrected chi connectivity index (χ3v) is 3.65. The fraction of sp³-hybridized carbons (Fsp3) is 0.235. The van der Waals surface area contributed by atoms with Crippen molar-refractivity contribution in [2.24, 2.45) is 0 Å². The highest BCUT2D eigenvalue weighted by atomic mass is 35.5. The molecule has 0 radical (unpaired) electrons. The number of benzene rings is 1. The predicted molar refractivity (Wildman–Crippen MR) is 86.6 cm³/mol. The minimum atomic E-state index is 0.297. The zero-order valence-electron chi connectivity index (χ0n) is 12.3. The van der Waals surface area contributed by atoms with Gasteiger partial charge in [-0.2, -0.15) is 0 Å². The fourth-order valence-corrected chi connectivity index (χ4v) is 2.50. The van der Waals surface area contributed by atoms with E-state index in [1.54, 1.807) is 0 Å². The van der Waals surface area contributed by atoms with Gasteiger partial charge in [0.05, 0.1) is 5.52 Å². The first-order valence-corrected chi connectivity index (χ1v) is 7.33. The summed E-state index contributed by atoms with van der Waals surface area (Å²) in [5.41, 5.74) is 3.79. The van der Waals surface area contributed by atoms with E-state index < -0.39 is 0 Å². The Labute approximate surface area is 129 Å². The molecule has 0 spiro atoms. The molecule has 0 unspecified atom stereocenters. The van der Waals surface area contributed by atoms with Gasteiger partial charge in [0, 0.05) is 11.1 Å². The molecule has 0 saturated carbocycles. The van der Waals surface area contributed by atoms with E-state index in [0.717, 1.165) is 27.9 Å². The molecule has 1 aromatic carbocycles. The molecule has 0 amide bonds. The molecular formula is C17H16ClN3. The SMILES string of the molecule is Cc1cc(-c2nc(Cl)cc(C(C)C)n2)nc2ccccc12. The van der Waals surface area contributed by atoms with Crippen molar-refractivity contribution >= 4 is 22.5 Å². The second-order valence-corrected chi connectivity index (χ2v) is 5.82. The quantitative estimate of drug-likeness (QED) is 0.639. The Morgan fingerprint density at radius 2 is 1.76 bits per heavy atom. The van der Waals surface area contributed by atoms with Crippen LogP contribution >= 0.6 is 11.6 Å². The first-order valence-electron chi connectivity index (χ1n) is 6.96. The van der Waals surface area contributed by atoms with E-state index in [4.69, 9.17) is 11.6 Å². The number of hydrogen-bond acceptors (Lipinski definition) is 3. The van der Waals surface area contributed by atoms with Crippen molar-refractivity contribution in [3.05, 3.63) is 52.8 Å². The Kier molecular flexibility index (Phi) is 3.60. The summed E-state index contributed by atoms with van der Waals surface area (Å²) in [7, 11) is 0. The van der Waals surface area contributed by atoms with E-state index in [-0.39, 0.29) is 0 Å². The molecule has 4 heteroatoms. The van der Waals surface area contributed by atoms with E-state index in [1.807, 2.05) is 30.3 Å². The van der Waals surface area contributed by atoms with Crippen LogP contribution in [0.15, 0.2) is 36.4 Å². The molecule has 0 aliphatic carbocycles. The van der Waals surface area contributed by atoms with Crippen LogP contribution in [0.5, 0.6) is 0 Å². The molecule has 0 atom stereocenters. The lowest BCUT2D eigenvalue weighted by Crippen LogP contribution is -2.00. The lowest BCUT2D eigenvalue weighted by molar-refractivity contribution is 0.816. The number of rotatable bonds is 2. The van der Waals surface area contributed by atoms with Crippen molar-refractivity contribution in [3.8, 4) is 11.5 Å². The van der Waals surface area contributed by atoms with E-state index >= 15 is 0 Å². The number of aromatic nitrogens is 3. The van der Waals surface area contributed by atoms with Crippen molar-refractivity contribution in [2.75, 3.05) is 0 Å². The number of pyridine rings is 1. The van der Waals surface area contributed by atoms with Crippen LogP contribution in [0.1, 0.15) is 31.0 Å². The van der Waals surface area contributed by atoms with Crippen LogP contribution in [-0.2, 0) is 0 Å². The van der Waals surface area contributed by atoms with Crippen LogP contribution in [0.2, 0.25) is 5.15 Å². The van der Waals surface area contributed by atoms with Gasteiger partial charge in [0.2, 0.25) is 0 Å². The van der Waals surface area contributed by atoms with Gasteiger partial charge in [-0.3, -0.25) is 0 Å². The van der Waals surface area contributed by atoms with Crippen LogP contribution in [-0.4, -0.2) is 15.0 Å². The average Bonchev–Trinajstić information content (AvgIpc) is 2.46. The van der Waals surface area contributed by atoms with E-state index in [1.165, 1.54) is 0 Å². The molecule has 2 heterocycles. The zero-order valence-corrected chi connectivity index (χ0v) is 13.0. The summed E-state index contributed by atoms with van der Waals surface area (Å²) in [6.07, 6.45) is 0. The largest absolute Gasteiger partial charge is 0.244 e. The summed E-state index contributed by atoms with van der Waals surface area (Å²) < 4.78 is 0. The van der Waals surface area contributed by atoms with Gasteiger partial charge in [-0.25, -0.2) is 15.0 Å². The summed E-state index contributed by atoms with van der Waals surface area (Å²) in [6, 6.07) is 11.9. The normalized spacial score (nSPS) is 11.3. The summed E-state index contributed by atoms with van der Waals surface area (Å²) >= 11 is 6.12. The second-order valence-electron chi connectivity index (χ2n) is 5.44. The highest BCUT2D eigenvalue weighted by Crippen LogP contribution is 2.24. The predicted octanol–water partition coefficient (Wildman–Crippen LogP) is 4.78. The van der Waals surface area contributed by atoms with Gasteiger partial charge in [0.25, 0.3) is 0 Å². The molecule has 106 valence electrons. The van der Waals surface area contributed by atoms with Gasteiger partial charge in [-0.1, -0.05) is 43.6 Å². The molecule has 0 fully saturated rings. The lowest BCUT2D eigenvalue weighted by Gasteiger charge is -2.09. The molecule has 2 aromatic heterocycles. The number of fused-ring (bicyclic) bond motifs is 1. The standard InChI is InChI=1S/C17H16ClN3/c1-10(2)14-9-16(18)21-17(20-14)15-8-11(3)12-6-4-5-7-13(12)19-15/h4-10H,1-3H3. The molecule has 0 aliphatic heterocycles. The number of hydrogen-bond donors (Lipinski definition) is 0. The molecule has 21 heavy (non-hydrogen) atoms. The third-order valence-electron chi connectivity index (χ3n) is 3.46. The van der Waals surface area contributed by atoms with Crippen molar-refractivity contribution in [1.29, 1.82) is 0 Å². The van der Waals surface area contributed by atoms with Crippen LogP contribution in [0.4, 0.5) is 0 Å². The van der Waals surface area contributed by atoms with E-state index in [0.29, 0.717) is 16.9 Å². The van der Waals surface area contributed by atoms with Gasteiger partial charge in [-0.05, 0) is 36.6 Å². The Bertz CT molecular complexity index is 812. The van der Waals surface area contributed by atoms with Crippen LogP contribution < -0.4 is 0 Å². The molecule has 0 N–H and O–H groups in total. The van der Waals surface area contributed by atoms with E-state index in [2.05, 4.69) is 41.8 Å². The molecule has 3 rings (SSSR count). The highest BCUT2D eigenvalue weighted by molar-refractivity contribution is 6.29. The highest BCUT2D eigenvalue weighted by Gasteiger charge is 2.11. The van der Waals surface area contributed by atoms with Gasteiger partial charge in [-0.15, -0.1) is 0 Å². The van der Waals surface area contributed by atoms with Crippen LogP contribution in [0.25, 0.3) is 22.4 Å². The molecule has 0 bridgehead atoms. The van der Waals surface area contributed by atoms with Gasteiger partial charge < -0.3 is 0 Å². The summed E-state index contributed by atoms with van der Waals surface area (Å²) in [4.78, 5) is 13.6. The van der Waals surface area contributed by atoms with Gasteiger partial charge in [0.15, 0.2) is 5.82 Å². The van der Waals surface area contributed by atoms with Crippen molar-refractivity contribution in [2.45, 2.75) is 26.7 Å². The zero-order chi connectivity index (χ0) is 15.0. The second kappa shape index (κ2) is 5.41. The summed E-state index contributed by atoms with van der Waals surface area (Å²) in [5.74, 6) is 0.880. The maximum atomic E-state index is 6.12. The summed E-state index contributed by atoms with van der Waals surface area (Å²) in [6.45, 7) is 6.24. The Balaban J connectivity index is 2.20. The van der Waals surface area contributed by atoms with Gasteiger partial charge >= 0.3 is 0 Å². The first-order chi connectivity index (χ1) is 10.0. The van der Waals surface area contributed by atoms with Crippen molar-refractivity contribution in [1.82, 2.24) is 15.0 Å². The lowest BCUT2D eigenvalue weighted by atomic mass is 10.1. The summed E-state index contributed by atoms with van der Waals surface area (Å²) in [5, 5.41) is 1.60. The minimum Gasteiger partial charge on any atom is -0.244 e. The first kappa shape index (κ1) is 14.0. The van der Waals surface area contributed by atoms with Gasteiger partial charge in [0.1, 0.15) is 10.8 Å². The van der Waals surface area contributed by atoms with Crippen LogP contribution in [0, 0.1) is 6.92 Å². The number of nitrogens with zero attached hydrogens (tertiary/aromatic N) is 3. The average molecular weight is 298 g/mol. The number of para-hydroxylation sites is 1. The molecular weight excluding hydrogens is 282 g/mol. The molecule has 3 aromatic rings. The molecule has 3 nitrogen and oxygen atoms in total. The maximum absolute atomic E-state index is 6.12. The fourth-order valence-electron chi connectivity index (χ4n) is 2.31. The smallest absolute Gasteiger partial charge is 0.179 e. The monoisotopic (exact) mass is 297 g/mol. The Morgan fingerprint density at radius 1 is 1.00 bits per heavy atom. The molecule has 0 saturated heterocycles. The number of halogens is 1. The molecule has 0 aliphatic rings. The van der Waals surface area contributed by atoms with Crippen molar-refractivity contribution < 1.29 is 0 Å². The van der Waals surface area contributed by atoms with Crippen LogP contribution in [0.3, 0.4) is 0 Å². The topological polar surface area (TPSA) is 38.7 Å². The number of aryl methyl sites for hydroxylation is 1. The Morgan fingerprint density at radius 3 is 2.52 bits per heavy atom. The minimum absolute atomic E-state index is 0.297.